The van der Waals surface area contributed by atoms with Crippen LogP contribution in [0.5, 0.6) is 0 Å². The van der Waals surface area contributed by atoms with Crippen molar-refractivity contribution in [3.63, 3.8) is 0 Å². The van der Waals surface area contributed by atoms with Crippen molar-refractivity contribution in [3.8, 4) is 0 Å². The quantitative estimate of drug-likeness (QED) is 0.645. The number of benzene rings is 1. The highest BCUT2D eigenvalue weighted by atomic mass is 16.5. The minimum absolute atomic E-state index is 0.237. The van der Waals surface area contributed by atoms with Gasteiger partial charge in [0.25, 0.3) is 0 Å². The molecule has 3 heterocycles. The number of nitrogens with zero attached hydrogens (tertiary/aromatic N) is 1. The molecule has 3 aliphatic rings. The van der Waals surface area contributed by atoms with Crippen LogP contribution in [0.2, 0.25) is 0 Å². The zero-order valence-corrected chi connectivity index (χ0v) is 11.5. The van der Waals surface area contributed by atoms with E-state index in [1.54, 1.807) is 24.3 Å². The highest BCUT2D eigenvalue weighted by molar-refractivity contribution is 6.23. The maximum Gasteiger partial charge on any atom is 0.241 e. The topological polar surface area (TPSA) is 66.8 Å². The van der Waals surface area contributed by atoms with Gasteiger partial charge in [-0.3, -0.25) is 9.59 Å². The maximum atomic E-state index is 12.7. The first kappa shape index (κ1) is 12.7. The standard InChI is InChI=1S/C16H15NO4/c1-9-2-4-10(5-3-9)17-14(19)12-11-6-7-16(8-18,21-11)13(12)15(17)20/h2-7,11-13,18H,8H2,1H3/t11-,12-,13-,16+/m0/s1. The molecule has 1 aromatic rings. The number of aliphatic hydroxyl groups is 1. The predicted molar refractivity (Wildman–Crippen MR) is 74.5 cm³/mol. The van der Waals surface area contributed by atoms with Crippen LogP contribution in [0, 0.1) is 18.8 Å². The number of imide groups is 1. The summed E-state index contributed by atoms with van der Waals surface area (Å²) in [6.07, 6.45) is 3.10. The van der Waals surface area contributed by atoms with Crippen LogP contribution in [-0.4, -0.2) is 35.2 Å². The molecular weight excluding hydrogens is 270 g/mol. The molecule has 0 saturated carbocycles. The van der Waals surface area contributed by atoms with Crippen LogP contribution < -0.4 is 4.90 Å². The molecule has 1 aromatic carbocycles. The molecule has 21 heavy (non-hydrogen) atoms. The molecule has 2 saturated heterocycles. The van der Waals surface area contributed by atoms with Crippen molar-refractivity contribution in [2.75, 3.05) is 11.5 Å². The van der Waals surface area contributed by atoms with Crippen LogP contribution >= 0.6 is 0 Å². The molecule has 108 valence electrons. The summed E-state index contributed by atoms with van der Waals surface area (Å²) < 4.78 is 5.69. The van der Waals surface area contributed by atoms with Crippen molar-refractivity contribution >= 4 is 17.5 Å². The fraction of sp³-hybridized carbons (Fsp3) is 0.375. The van der Waals surface area contributed by atoms with Gasteiger partial charge in [-0.1, -0.05) is 29.8 Å². The minimum atomic E-state index is -1.03. The third-order valence-corrected chi connectivity index (χ3v) is 4.69. The van der Waals surface area contributed by atoms with Gasteiger partial charge in [0.2, 0.25) is 11.8 Å². The summed E-state index contributed by atoms with van der Waals surface area (Å²) in [5, 5.41) is 9.63. The van der Waals surface area contributed by atoms with Crippen LogP contribution in [0.15, 0.2) is 36.4 Å². The number of hydrogen-bond donors (Lipinski definition) is 1. The minimum Gasteiger partial charge on any atom is -0.393 e. The molecule has 0 radical (unpaired) electrons. The average molecular weight is 285 g/mol. The lowest BCUT2D eigenvalue weighted by molar-refractivity contribution is -0.128. The summed E-state index contributed by atoms with van der Waals surface area (Å²) in [5.41, 5.74) is 0.619. The third kappa shape index (κ3) is 1.47. The number of anilines is 1. The molecule has 3 aliphatic heterocycles. The van der Waals surface area contributed by atoms with E-state index in [2.05, 4.69) is 0 Å². The number of amides is 2. The fourth-order valence-electron chi connectivity index (χ4n) is 3.63. The number of aliphatic hydroxyl groups excluding tert-OH is 1. The van der Waals surface area contributed by atoms with Crippen molar-refractivity contribution in [1.29, 1.82) is 0 Å². The summed E-state index contributed by atoms with van der Waals surface area (Å²) in [6, 6.07) is 7.28. The second-order valence-corrected chi connectivity index (χ2v) is 5.91. The predicted octanol–water partition coefficient (Wildman–Crippen LogP) is 0.800. The zero-order chi connectivity index (χ0) is 14.8. The van der Waals surface area contributed by atoms with E-state index in [0.717, 1.165) is 5.56 Å². The average Bonchev–Trinajstić information content (AvgIpc) is 3.12. The van der Waals surface area contributed by atoms with Crippen molar-refractivity contribution in [3.05, 3.63) is 42.0 Å². The third-order valence-electron chi connectivity index (χ3n) is 4.69. The van der Waals surface area contributed by atoms with Gasteiger partial charge >= 0.3 is 0 Å². The first-order valence-corrected chi connectivity index (χ1v) is 7.00. The number of carbonyl (C=O) groups is 2. The Labute approximate surface area is 121 Å². The second-order valence-electron chi connectivity index (χ2n) is 5.91. The lowest BCUT2D eigenvalue weighted by atomic mass is 9.77. The van der Waals surface area contributed by atoms with Gasteiger partial charge in [-0.15, -0.1) is 0 Å². The molecule has 4 rings (SSSR count). The smallest absolute Gasteiger partial charge is 0.241 e. The normalized spacial score (nSPS) is 36.7. The molecule has 5 heteroatoms. The molecule has 0 aromatic heterocycles. The Bertz CT molecular complexity index is 665. The van der Waals surface area contributed by atoms with Crippen molar-refractivity contribution in [2.45, 2.75) is 18.6 Å². The summed E-state index contributed by atoms with van der Waals surface area (Å²) in [4.78, 5) is 26.6. The Morgan fingerprint density at radius 1 is 1.24 bits per heavy atom. The highest BCUT2D eigenvalue weighted by Gasteiger charge is 2.67. The summed E-state index contributed by atoms with van der Waals surface area (Å²) in [5.74, 6) is -1.66. The van der Waals surface area contributed by atoms with Crippen LogP contribution in [0.4, 0.5) is 5.69 Å². The lowest BCUT2D eigenvalue weighted by Gasteiger charge is -2.26. The highest BCUT2D eigenvalue weighted by Crippen LogP contribution is 2.52. The van der Waals surface area contributed by atoms with Crippen molar-refractivity contribution in [2.24, 2.45) is 11.8 Å². The Morgan fingerprint density at radius 2 is 1.95 bits per heavy atom. The number of aryl methyl sites for hydroxylation is 1. The zero-order valence-electron chi connectivity index (χ0n) is 11.5. The van der Waals surface area contributed by atoms with Gasteiger partial charge in [0.15, 0.2) is 0 Å². The molecular formula is C16H15NO4. The van der Waals surface area contributed by atoms with Gasteiger partial charge < -0.3 is 9.84 Å². The first-order valence-electron chi connectivity index (χ1n) is 7.00. The molecule has 1 N–H and O–H groups in total. The molecule has 4 atom stereocenters. The van der Waals surface area contributed by atoms with Gasteiger partial charge in [0, 0.05) is 0 Å². The molecule has 0 aliphatic carbocycles. The molecule has 0 unspecified atom stereocenters. The van der Waals surface area contributed by atoms with Crippen LogP contribution in [0.3, 0.4) is 0 Å². The second kappa shape index (κ2) is 4.02. The van der Waals surface area contributed by atoms with E-state index in [0.29, 0.717) is 5.69 Å². The van der Waals surface area contributed by atoms with Crippen molar-refractivity contribution in [1.82, 2.24) is 0 Å². The number of carbonyl (C=O) groups excluding carboxylic acids is 2. The molecule has 0 spiro atoms. The summed E-state index contributed by atoms with van der Waals surface area (Å²) >= 11 is 0. The van der Waals surface area contributed by atoms with Crippen LogP contribution in [0.25, 0.3) is 0 Å². The maximum absolute atomic E-state index is 12.7. The number of ether oxygens (including phenoxy) is 1. The molecule has 5 nitrogen and oxygen atoms in total. The summed E-state index contributed by atoms with van der Waals surface area (Å²) in [6.45, 7) is 1.66. The van der Waals surface area contributed by atoms with Gasteiger partial charge in [0.1, 0.15) is 5.60 Å². The number of rotatable bonds is 2. The largest absolute Gasteiger partial charge is 0.393 e. The SMILES string of the molecule is Cc1ccc(N2C(=O)[C@H]3[C@@H]4C=C[C@](CO)(O4)[C@@H]3C2=O)cc1. The van der Waals surface area contributed by atoms with Crippen molar-refractivity contribution < 1.29 is 19.4 Å². The number of fused-ring (bicyclic) bond motifs is 5. The van der Waals surface area contributed by atoms with Gasteiger partial charge in [-0.05, 0) is 19.1 Å². The van der Waals surface area contributed by atoms with E-state index in [1.807, 2.05) is 19.1 Å². The van der Waals surface area contributed by atoms with Crippen LogP contribution in [0.1, 0.15) is 5.56 Å². The Hall–Kier alpha value is -1.98. The van der Waals surface area contributed by atoms with E-state index in [9.17, 15) is 14.7 Å². The fourth-order valence-corrected chi connectivity index (χ4v) is 3.63. The first-order chi connectivity index (χ1) is 10.1. The lowest BCUT2D eigenvalue weighted by Crippen LogP contribution is -2.43. The molecule has 2 amide bonds. The van der Waals surface area contributed by atoms with E-state index in [4.69, 9.17) is 4.74 Å². The van der Waals surface area contributed by atoms with Gasteiger partial charge in [-0.25, -0.2) is 4.90 Å². The number of hydrogen-bond acceptors (Lipinski definition) is 4. The summed E-state index contributed by atoms with van der Waals surface area (Å²) in [7, 11) is 0. The van der Waals surface area contributed by atoms with Gasteiger partial charge in [0.05, 0.1) is 30.2 Å². The van der Waals surface area contributed by atoms with E-state index >= 15 is 0 Å². The monoisotopic (exact) mass is 285 g/mol. The van der Waals surface area contributed by atoms with E-state index < -0.39 is 23.5 Å². The van der Waals surface area contributed by atoms with Gasteiger partial charge in [-0.2, -0.15) is 0 Å². The molecule has 2 bridgehead atoms. The Morgan fingerprint density at radius 3 is 2.62 bits per heavy atom. The van der Waals surface area contributed by atoms with Crippen LogP contribution in [-0.2, 0) is 14.3 Å². The molecule has 2 fully saturated rings. The van der Waals surface area contributed by atoms with E-state index in [1.165, 1.54) is 4.90 Å². The Kier molecular flexibility index (Phi) is 2.44. The Balaban J connectivity index is 1.77. The van der Waals surface area contributed by atoms with E-state index in [-0.39, 0.29) is 18.4 Å².